The zero-order chi connectivity index (χ0) is 14.0. The van der Waals surface area contributed by atoms with E-state index in [4.69, 9.17) is 21.4 Å². The monoisotopic (exact) mass is 282 g/mol. The quantitative estimate of drug-likeness (QED) is 0.861. The molecule has 3 nitrogen and oxygen atoms in total. The summed E-state index contributed by atoms with van der Waals surface area (Å²) in [6.45, 7) is 2.04. The van der Waals surface area contributed by atoms with Crippen LogP contribution in [0.4, 0.5) is 0 Å². The number of rotatable bonds is 6. The lowest BCUT2D eigenvalue weighted by Crippen LogP contribution is -2.09. The van der Waals surface area contributed by atoms with Crippen LogP contribution in [0.3, 0.4) is 0 Å². The van der Waals surface area contributed by atoms with Crippen LogP contribution in [-0.2, 0) is 11.2 Å². The molecule has 1 aliphatic rings. The van der Waals surface area contributed by atoms with Gasteiger partial charge in [0.15, 0.2) is 0 Å². The first-order valence-corrected chi connectivity index (χ1v) is 7.02. The molecule has 0 bridgehead atoms. The SMILES string of the molecule is CCc1cc(C(CC(=O)O)C2CC2)cc(Cl)c1OC. The van der Waals surface area contributed by atoms with Gasteiger partial charge in [0.05, 0.1) is 18.6 Å². The predicted molar refractivity (Wildman–Crippen MR) is 75.1 cm³/mol. The fraction of sp³-hybridized carbons (Fsp3) is 0.533. The van der Waals surface area contributed by atoms with Crippen molar-refractivity contribution in [3.8, 4) is 5.75 Å². The zero-order valence-corrected chi connectivity index (χ0v) is 12.0. The van der Waals surface area contributed by atoms with Crippen LogP contribution in [0.5, 0.6) is 5.75 Å². The third kappa shape index (κ3) is 3.21. The first-order valence-electron chi connectivity index (χ1n) is 6.64. The molecule has 2 rings (SSSR count). The molecule has 0 heterocycles. The number of carbonyl (C=O) groups is 1. The Morgan fingerprint density at radius 1 is 1.53 bits per heavy atom. The fourth-order valence-electron chi connectivity index (χ4n) is 2.62. The second-order valence-corrected chi connectivity index (χ2v) is 5.50. The Morgan fingerprint density at radius 2 is 2.21 bits per heavy atom. The lowest BCUT2D eigenvalue weighted by Gasteiger charge is -2.18. The highest BCUT2D eigenvalue weighted by atomic mass is 35.5. The van der Waals surface area contributed by atoms with Crippen molar-refractivity contribution in [3.05, 3.63) is 28.3 Å². The lowest BCUT2D eigenvalue weighted by atomic mass is 9.89. The molecule has 0 aliphatic heterocycles. The molecule has 1 aromatic rings. The summed E-state index contributed by atoms with van der Waals surface area (Å²) in [7, 11) is 1.61. The number of ether oxygens (including phenoxy) is 1. The van der Waals surface area contributed by atoms with E-state index in [1.165, 1.54) is 0 Å². The van der Waals surface area contributed by atoms with E-state index in [1.54, 1.807) is 7.11 Å². The minimum absolute atomic E-state index is 0.0752. The van der Waals surface area contributed by atoms with Gasteiger partial charge in [0.1, 0.15) is 5.75 Å². The Labute approximate surface area is 118 Å². The molecule has 4 heteroatoms. The van der Waals surface area contributed by atoms with Crippen LogP contribution in [0.2, 0.25) is 5.02 Å². The first-order chi connectivity index (χ1) is 9.06. The lowest BCUT2D eigenvalue weighted by molar-refractivity contribution is -0.137. The molecule has 0 aromatic heterocycles. The van der Waals surface area contributed by atoms with Crippen LogP contribution >= 0.6 is 11.6 Å². The number of methoxy groups -OCH3 is 1. The number of hydrogen-bond acceptors (Lipinski definition) is 2. The van der Waals surface area contributed by atoms with Crippen molar-refractivity contribution in [2.24, 2.45) is 5.92 Å². The van der Waals surface area contributed by atoms with Gasteiger partial charge in [-0.25, -0.2) is 0 Å². The molecule has 1 fully saturated rings. The number of aliphatic carboxylic acids is 1. The second-order valence-electron chi connectivity index (χ2n) is 5.09. The van der Waals surface area contributed by atoms with Crippen LogP contribution in [-0.4, -0.2) is 18.2 Å². The molecule has 0 radical (unpaired) electrons. The maximum Gasteiger partial charge on any atom is 0.303 e. The summed E-state index contributed by atoms with van der Waals surface area (Å²) in [5, 5.41) is 9.64. The van der Waals surface area contributed by atoms with Gasteiger partial charge in [0.25, 0.3) is 0 Å². The molecule has 104 valence electrons. The van der Waals surface area contributed by atoms with Gasteiger partial charge in [-0.05, 0) is 48.3 Å². The Hall–Kier alpha value is -1.22. The van der Waals surface area contributed by atoms with E-state index < -0.39 is 5.97 Å². The first kappa shape index (κ1) is 14.2. The van der Waals surface area contributed by atoms with Crippen molar-refractivity contribution in [2.75, 3.05) is 7.11 Å². The summed E-state index contributed by atoms with van der Waals surface area (Å²) < 4.78 is 5.31. The summed E-state index contributed by atoms with van der Waals surface area (Å²) in [6, 6.07) is 3.92. The highest BCUT2D eigenvalue weighted by Gasteiger charge is 2.34. The Bertz CT molecular complexity index is 481. The minimum atomic E-state index is -0.748. The molecular weight excluding hydrogens is 264 g/mol. The van der Waals surface area contributed by atoms with Crippen molar-refractivity contribution in [3.63, 3.8) is 0 Å². The Balaban J connectivity index is 2.36. The van der Waals surface area contributed by atoms with E-state index in [2.05, 4.69) is 6.07 Å². The van der Waals surface area contributed by atoms with Crippen molar-refractivity contribution < 1.29 is 14.6 Å². The molecule has 1 N–H and O–H groups in total. The molecule has 1 aliphatic carbocycles. The molecule has 1 atom stereocenters. The number of carboxylic acid groups (broad SMARTS) is 1. The summed E-state index contributed by atoms with van der Waals surface area (Å²) in [4.78, 5) is 11.0. The van der Waals surface area contributed by atoms with Gasteiger partial charge in [-0.15, -0.1) is 0 Å². The highest BCUT2D eigenvalue weighted by Crippen LogP contribution is 2.46. The third-order valence-corrected chi connectivity index (χ3v) is 4.02. The average molecular weight is 283 g/mol. The third-order valence-electron chi connectivity index (χ3n) is 3.74. The van der Waals surface area contributed by atoms with Gasteiger partial charge < -0.3 is 9.84 Å². The average Bonchev–Trinajstić information content (AvgIpc) is 3.18. The van der Waals surface area contributed by atoms with Crippen molar-refractivity contribution in [1.82, 2.24) is 0 Å². The molecular formula is C15H19ClO3. The van der Waals surface area contributed by atoms with E-state index in [-0.39, 0.29) is 12.3 Å². The predicted octanol–water partition coefficient (Wildman–Crippen LogP) is 3.88. The van der Waals surface area contributed by atoms with Crippen molar-refractivity contribution >= 4 is 17.6 Å². The molecule has 1 saturated carbocycles. The van der Waals surface area contributed by atoms with E-state index >= 15 is 0 Å². The second kappa shape index (κ2) is 5.83. The normalized spacial score (nSPS) is 16.2. The van der Waals surface area contributed by atoms with Crippen LogP contribution < -0.4 is 4.74 Å². The van der Waals surface area contributed by atoms with Gasteiger partial charge in [-0.1, -0.05) is 24.6 Å². The van der Waals surface area contributed by atoms with Crippen LogP contribution in [0, 0.1) is 5.92 Å². The summed E-state index contributed by atoms with van der Waals surface area (Å²) >= 11 is 6.25. The van der Waals surface area contributed by atoms with Crippen LogP contribution in [0.15, 0.2) is 12.1 Å². The summed E-state index contributed by atoms with van der Waals surface area (Å²) in [6.07, 6.45) is 3.23. The number of halogens is 1. The maximum absolute atomic E-state index is 11.0. The van der Waals surface area contributed by atoms with Crippen molar-refractivity contribution in [2.45, 2.75) is 38.5 Å². The van der Waals surface area contributed by atoms with Crippen LogP contribution in [0.1, 0.15) is 43.2 Å². The smallest absolute Gasteiger partial charge is 0.303 e. The molecule has 0 amide bonds. The number of aryl methyl sites for hydroxylation is 1. The molecule has 1 aromatic carbocycles. The molecule has 1 unspecified atom stereocenters. The molecule has 0 saturated heterocycles. The highest BCUT2D eigenvalue weighted by molar-refractivity contribution is 6.32. The number of carboxylic acids is 1. The Morgan fingerprint density at radius 3 is 2.68 bits per heavy atom. The van der Waals surface area contributed by atoms with E-state index in [0.717, 1.165) is 30.4 Å². The van der Waals surface area contributed by atoms with E-state index in [1.807, 2.05) is 13.0 Å². The van der Waals surface area contributed by atoms with Gasteiger partial charge in [0, 0.05) is 0 Å². The number of benzene rings is 1. The molecule has 19 heavy (non-hydrogen) atoms. The van der Waals surface area contributed by atoms with Gasteiger partial charge in [-0.3, -0.25) is 4.79 Å². The fourth-order valence-corrected chi connectivity index (χ4v) is 2.95. The summed E-state index contributed by atoms with van der Waals surface area (Å²) in [5.74, 6) is 0.524. The molecule has 0 spiro atoms. The standard InChI is InChI=1S/C15H19ClO3/c1-3-9-6-11(7-13(16)15(9)19-2)12(8-14(17)18)10-4-5-10/h6-7,10,12H,3-5,8H2,1-2H3,(H,17,18). The zero-order valence-electron chi connectivity index (χ0n) is 11.3. The van der Waals surface area contributed by atoms with Gasteiger partial charge in [-0.2, -0.15) is 0 Å². The number of hydrogen-bond donors (Lipinski definition) is 1. The van der Waals surface area contributed by atoms with Gasteiger partial charge in [0.2, 0.25) is 0 Å². The van der Waals surface area contributed by atoms with Crippen molar-refractivity contribution in [1.29, 1.82) is 0 Å². The summed E-state index contributed by atoms with van der Waals surface area (Å²) in [5.41, 5.74) is 2.08. The van der Waals surface area contributed by atoms with Crippen LogP contribution in [0.25, 0.3) is 0 Å². The minimum Gasteiger partial charge on any atom is -0.495 e. The topological polar surface area (TPSA) is 46.5 Å². The largest absolute Gasteiger partial charge is 0.495 e. The van der Waals surface area contributed by atoms with Gasteiger partial charge >= 0.3 is 5.97 Å². The maximum atomic E-state index is 11.0. The van der Waals surface area contributed by atoms with E-state index in [9.17, 15) is 4.79 Å². The van der Waals surface area contributed by atoms with E-state index in [0.29, 0.717) is 16.7 Å². The Kier molecular flexibility index (Phi) is 4.35.